The number of aliphatic hydroxyl groups is 1. The summed E-state index contributed by atoms with van der Waals surface area (Å²) in [4.78, 5) is 15.2. The van der Waals surface area contributed by atoms with Crippen molar-refractivity contribution in [1.82, 2.24) is 5.01 Å². The maximum absolute atomic E-state index is 13.0. The largest absolute Gasteiger partial charge is 0.491 e. The van der Waals surface area contributed by atoms with Crippen molar-refractivity contribution >= 4 is 34.6 Å². The summed E-state index contributed by atoms with van der Waals surface area (Å²) in [5.74, 6) is 0.574. The predicted octanol–water partition coefficient (Wildman–Crippen LogP) is 3.01. The SMILES string of the molecule is CN(C)/N=C1\S/C(=C\c2ccc(OCCO)cc2)C(=O)N1c1ccccc1. The molecular weight excluding hydrogens is 362 g/mol. The van der Waals surface area contributed by atoms with E-state index in [1.54, 1.807) is 9.91 Å². The molecule has 27 heavy (non-hydrogen) atoms. The minimum atomic E-state index is -0.104. The molecule has 0 radical (unpaired) electrons. The van der Waals surface area contributed by atoms with Crippen LogP contribution in [0.1, 0.15) is 5.56 Å². The number of ether oxygens (including phenoxy) is 1. The quantitative estimate of drug-likeness (QED) is 0.614. The molecule has 2 aromatic carbocycles. The van der Waals surface area contributed by atoms with Gasteiger partial charge in [-0.2, -0.15) is 5.10 Å². The maximum atomic E-state index is 13.0. The average Bonchev–Trinajstić information content (AvgIpc) is 2.96. The van der Waals surface area contributed by atoms with Crippen LogP contribution in [0, 0.1) is 0 Å². The van der Waals surface area contributed by atoms with E-state index < -0.39 is 0 Å². The minimum Gasteiger partial charge on any atom is -0.491 e. The van der Waals surface area contributed by atoms with Gasteiger partial charge in [-0.15, -0.1) is 0 Å². The van der Waals surface area contributed by atoms with E-state index in [4.69, 9.17) is 9.84 Å². The first kappa shape index (κ1) is 19.0. The number of nitrogens with zero attached hydrogens (tertiary/aromatic N) is 3. The van der Waals surface area contributed by atoms with Gasteiger partial charge in [0.15, 0.2) is 5.17 Å². The molecular formula is C20H21N3O3S. The van der Waals surface area contributed by atoms with Gasteiger partial charge in [-0.05, 0) is 47.7 Å². The Morgan fingerprint density at radius 2 is 1.85 bits per heavy atom. The number of hydrogen-bond donors (Lipinski definition) is 1. The number of hydrazone groups is 1. The Bertz CT molecular complexity index is 849. The lowest BCUT2D eigenvalue weighted by atomic mass is 10.2. The number of para-hydroxylation sites is 1. The second kappa shape index (κ2) is 8.75. The second-order valence-corrected chi connectivity index (χ2v) is 6.97. The summed E-state index contributed by atoms with van der Waals surface area (Å²) in [5.41, 5.74) is 1.67. The molecule has 0 bridgehead atoms. The zero-order valence-electron chi connectivity index (χ0n) is 15.2. The molecule has 0 saturated carbocycles. The average molecular weight is 383 g/mol. The first-order chi connectivity index (χ1) is 13.1. The van der Waals surface area contributed by atoms with Gasteiger partial charge in [0, 0.05) is 14.1 Å². The van der Waals surface area contributed by atoms with Crippen molar-refractivity contribution in [1.29, 1.82) is 0 Å². The van der Waals surface area contributed by atoms with Crippen LogP contribution in [-0.2, 0) is 4.79 Å². The van der Waals surface area contributed by atoms with Gasteiger partial charge < -0.3 is 14.9 Å². The van der Waals surface area contributed by atoms with Crippen LogP contribution < -0.4 is 9.64 Å². The number of rotatable bonds is 6. The molecule has 140 valence electrons. The van der Waals surface area contributed by atoms with Crippen LogP contribution >= 0.6 is 11.8 Å². The van der Waals surface area contributed by atoms with Crippen LogP contribution in [0.3, 0.4) is 0 Å². The standard InChI is InChI=1S/C20H21N3O3S/c1-22(2)21-20-23(16-6-4-3-5-7-16)19(25)18(27-20)14-15-8-10-17(11-9-15)26-13-12-24/h3-11,14,24H,12-13H2,1-2H3/b18-14-,21-20-. The molecule has 0 aromatic heterocycles. The number of benzene rings is 2. The van der Waals surface area contributed by atoms with Crippen molar-refractivity contribution in [3.8, 4) is 5.75 Å². The topological polar surface area (TPSA) is 65.4 Å². The van der Waals surface area contributed by atoms with Gasteiger partial charge in [-0.1, -0.05) is 30.3 Å². The molecule has 0 aliphatic carbocycles. The normalized spacial score (nSPS) is 17.0. The fourth-order valence-corrected chi connectivity index (χ4v) is 3.55. The number of thioether (sulfide) groups is 1. The summed E-state index contributed by atoms with van der Waals surface area (Å²) < 4.78 is 5.36. The van der Waals surface area contributed by atoms with Gasteiger partial charge in [0.1, 0.15) is 12.4 Å². The Morgan fingerprint density at radius 1 is 1.15 bits per heavy atom. The number of carbonyl (C=O) groups excluding carboxylic acids is 1. The predicted molar refractivity (Wildman–Crippen MR) is 110 cm³/mol. The molecule has 7 heteroatoms. The van der Waals surface area contributed by atoms with Crippen LogP contribution in [0.15, 0.2) is 64.6 Å². The van der Waals surface area contributed by atoms with Crippen molar-refractivity contribution in [2.45, 2.75) is 0 Å². The van der Waals surface area contributed by atoms with E-state index in [2.05, 4.69) is 5.10 Å². The van der Waals surface area contributed by atoms with E-state index in [0.29, 0.717) is 15.8 Å². The summed E-state index contributed by atoms with van der Waals surface area (Å²) >= 11 is 1.34. The van der Waals surface area contributed by atoms with E-state index in [1.807, 2.05) is 74.8 Å². The molecule has 0 atom stereocenters. The van der Waals surface area contributed by atoms with Crippen LogP contribution in [0.2, 0.25) is 0 Å². The lowest BCUT2D eigenvalue weighted by molar-refractivity contribution is -0.113. The van der Waals surface area contributed by atoms with E-state index in [-0.39, 0.29) is 19.1 Å². The zero-order valence-corrected chi connectivity index (χ0v) is 16.0. The fourth-order valence-electron chi connectivity index (χ4n) is 2.49. The molecule has 1 N–H and O–H groups in total. The first-order valence-electron chi connectivity index (χ1n) is 8.47. The van der Waals surface area contributed by atoms with Gasteiger partial charge in [0.25, 0.3) is 5.91 Å². The van der Waals surface area contributed by atoms with Crippen molar-refractivity contribution in [2.75, 3.05) is 32.2 Å². The van der Waals surface area contributed by atoms with Crippen molar-refractivity contribution in [3.63, 3.8) is 0 Å². The summed E-state index contributed by atoms with van der Waals surface area (Å²) in [7, 11) is 3.65. The highest BCUT2D eigenvalue weighted by molar-refractivity contribution is 8.19. The third-order valence-electron chi connectivity index (χ3n) is 3.64. The maximum Gasteiger partial charge on any atom is 0.271 e. The highest BCUT2D eigenvalue weighted by Crippen LogP contribution is 2.36. The van der Waals surface area contributed by atoms with Crippen LogP contribution in [0.5, 0.6) is 5.75 Å². The summed E-state index contributed by atoms with van der Waals surface area (Å²) in [6.45, 7) is 0.228. The van der Waals surface area contributed by atoms with Crippen molar-refractivity contribution < 1.29 is 14.6 Å². The highest BCUT2D eigenvalue weighted by atomic mass is 32.2. The van der Waals surface area contributed by atoms with E-state index in [9.17, 15) is 4.79 Å². The molecule has 6 nitrogen and oxygen atoms in total. The zero-order chi connectivity index (χ0) is 19.2. The first-order valence-corrected chi connectivity index (χ1v) is 9.29. The number of aliphatic hydroxyl groups excluding tert-OH is 1. The molecule has 3 rings (SSSR count). The van der Waals surface area contributed by atoms with Gasteiger partial charge >= 0.3 is 0 Å². The van der Waals surface area contributed by atoms with E-state index in [0.717, 1.165) is 11.3 Å². The molecule has 1 aliphatic rings. The van der Waals surface area contributed by atoms with Crippen LogP contribution in [0.4, 0.5) is 5.69 Å². The Labute approximate surface area is 162 Å². The molecule has 2 aromatic rings. The Morgan fingerprint density at radius 3 is 2.48 bits per heavy atom. The van der Waals surface area contributed by atoms with Gasteiger partial charge in [0.05, 0.1) is 17.2 Å². The van der Waals surface area contributed by atoms with Crippen LogP contribution in [-0.4, -0.2) is 48.5 Å². The number of hydrogen-bond acceptors (Lipinski definition) is 6. The summed E-state index contributed by atoms with van der Waals surface area (Å²) in [6, 6.07) is 16.9. The third kappa shape index (κ3) is 4.69. The molecule has 1 fully saturated rings. The van der Waals surface area contributed by atoms with E-state index >= 15 is 0 Å². The van der Waals surface area contributed by atoms with Gasteiger partial charge in [-0.25, -0.2) is 0 Å². The molecule has 0 spiro atoms. The fraction of sp³-hybridized carbons (Fsp3) is 0.200. The number of amides is 1. The highest BCUT2D eigenvalue weighted by Gasteiger charge is 2.35. The summed E-state index contributed by atoms with van der Waals surface area (Å²) in [6.07, 6.45) is 1.84. The number of amidine groups is 1. The second-order valence-electron chi connectivity index (χ2n) is 5.96. The third-order valence-corrected chi connectivity index (χ3v) is 4.60. The van der Waals surface area contributed by atoms with Crippen molar-refractivity contribution in [2.24, 2.45) is 5.10 Å². The van der Waals surface area contributed by atoms with Crippen molar-refractivity contribution in [3.05, 3.63) is 65.1 Å². The smallest absolute Gasteiger partial charge is 0.271 e. The Hall–Kier alpha value is -2.77. The molecule has 1 heterocycles. The Balaban J connectivity index is 1.88. The molecule has 1 amide bonds. The number of carbonyl (C=O) groups is 1. The van der Waals surface area contributed by atoms with Crippen LogP contribution in [0.25, 0.3) is 6.08 Å². The molecule has 1 aliphatic heterocycles. The Kier molecular flexibility index (Phi) is 6.16. The van der Waals surface area contributed by atoms with Gasteiger partial charge in [0.2, 0.25) is 0 Å². The lowest BCUT2D eigenvalue weighted by Gasteiger charge is -2.16. The summed E-state index contributed by atoms with van der Waals surface area (Å²) in [5, 5.41) is 15.6. The minimum absolute atomic E-state index is 0.0275. The molecule has 0 unspecified atom stereocenters. The number of anilines is 1. The monoisotopic (exact) mass is 383 g/mol. The lowest BCUT2D eigenvalue weighted by Crippen LogP contribution is -2.30. The van der Waals surface area contributed by atoms with Gasteiger partial charge in [-0.3, -0.25) is 9.69 Å². The molecule has 1 saturated heterocycles. The van der Waals surface area contributed by atoms with E-state index in [1.165, 1.54) is 11.8 Å².